The van der Waals surface area contributed by atoms with Gasteiger partial charge < -0.3 is 20.8 Å². The van der Waals surface area contributed by atoms with Crippen molar-refractivity contribution in [3.8, 4) is 5.75 Å². The molecule has 2 heterocycles. The van der Waals surface area contributed by atoms with E-state index in [1.165, 1.54) is 35.8 Å². The third kappa shape index (κ3) is 6.30. The molecule has 0 atom stereocenters. The van der Waals surface area contributed by atoms with Gasteiger partial charge in [0, 0.05) is 25.0 Å². The Morgan fingerprint density at radius 1 is 1.23 bits per heavy atom. The molecule has 0 radical (unpaired) electrons. The Bertz CT molecular complexity index is 874. The maximum atomic E-state index is 6.50. The molecule has 3 rings (SSSR count). The number of nitrogens with one attached hydrogen (secondary N) is 1. The Morgan fingerprint density at radius 2 is 2.00 bits per heavy atom. The summed E-state index contributed by atoms with van der Waals surface area (Å²) in [7, 11) is 1.77. The molecule has 0 spiro atoms. The van der Waals surface area contributed by atoms with Crippen LogP contribution < -0.4 is 21.6 Å². The average Bonchev–Trinajstić information content (AvgIpc) is 3.22. The largest absolute Gasteiger partial charge is 0.489 e. The van der Waals surface area contributed by atoms with Gasteiger partial charge in [0.05, 0.1) is 35.4 Å². The predicted octanol–water partition coefficient (Wildman–Crippen LogP) is 3.70. The van der Waals surface area contributed by atoms with Crippen molar-refractivity contribution < 1.29 is 4.74 Å². The molecule has 1 saturated carbocycles. The van der Waals surface area contributed by atoms with E-state index in [1.54, 1.807) is 7.05 Å². The Labute approximate surface area is 189 Å². The van der Waals surface area contributed by atoms with Crippen LogP contribution in [0.5, 0.6) is 5.75 Å². The Hall–Kier alpha value is -2.39. The zero-order chi connectivity index (χ0) is 22.2. The number of nitrogens with two attached hydrogens (primary N) is 2. The minimum atomic E-state index is 0.291. The molecule has 1 aliphatic rings. The number of hydrogen-bond donors (Lipinski definition) is 3. The normalized spacial score (nSPS) is 15.5. The number of hydrogen-bond acceptors (Lipinski definition) is 9. The molecule has 2 aromatic rings. The van der Waals surface area contributed by atoms with Crippen LogP contribution in [0.2, 0.25) is 0 Å². The summed E-state index contributed by atoms with van der Waals surface area (Å²) in [6.45, 7) is 4.63. The summed E-state index contributed by atoms with van der Waals surface area (Å²) in [6, 6.07) is 3.91. The maximum absolute atomic E-state index is 6.50. The minimum Gasteiger partial charge on any atom is -0.489 e. The first-order chi connectivity index (χ1) is 15.0. The summed E-state index contributed by atoms with van der Waals surface area (Å²) >= 11 is 1.35. The SMILES string of the molecule is CCCc1nsc(NC/C(=C(/N)c2ccc(OC3CCCCC3)c(CC)n2)N(C)N)n1. The number of aromatic nitrogens is 3. The number of anilines is 1. The van der Waals surface area contributed by atoms with E-state index in [1.807, 2.05) is 12.1 Å². The molecule has 2 aromatic heterocycles. The molecule has 0 saturated heterocycles. The fraction of sp³-hybridized carbons (Fsp3) is 0.591. The number of rotatable bonds is 10. The highest BCUT2D eigenvalue weighted by Crippen LogP contribution is 2.27. The van der Waals surface area contributed by atoms with E-state index < -0.39 is 0 Å². The highest BCUT2D eigenvalue weighted by molar-refractivity contribution is 7.09. The third-order valence-corrected chi connectivity index (χ3v) is 6.19. The van der Waals surface area contributed by atoms with Gasteiger partial charge in [0.15, 0.2) is 0 Å². The summed E-state index contributed by atoms with van der Waals surface area (Å²) in [5, 5.41) is 5.56. The summed E-state index contributed by atoms with van der Waals surface area (Å²) < 4.78 is 10.6. The van der Waals surface area contributed by atoms with Crippen molar-refractivity contribution in [2.75, 3.05) is 18.9 Å². The van der Waals surface area contributed by atoms with Gasteiger partial charge in [-0.25, -0.2) is 15.8 Å². The van der Waals surface area contributed by atoms with Crippen molar-refractivity contribution in [1.82, 2.24) is 19.4 Å². The number of hydrazine groups is 1. The molecular formula is C22H35N7OS. The van der Waals surface area contributed by atoms with E-state index in [9.17, 15) is 0 Å². The Kier molecular flexibility index (Phi) is 8.48. The van der Waals surface area contributed by atoms with Crippen LogP contribution >= 0.6 is 11.5 Å². The van der Waals surface area contributed by atoms with E-state index in [2.05, 4.69) is 28.5 Å². The highest BCUT2D eigenvalue weighted by atomic mass is 32.1. The van der Waals surface area contributed by atoms with Gasteiger partial charge >= 0.3 is 0 Å². The maximum Gasteiger partial charge on any atom is 0.202 e. The monoisotopic (exact) mass is 445 g/mol. The second kappa shape index (κ2) is 11.3. The first-order valence-electron chi connectivity index (χ1n) is 11.2. The van der Waals surface area contributed by atoms with E-state index >= 15 is 0 Å². The predicted molar refractivity (Wildman–Crippen MR) is 127 cm³/mol. The topological polar surface area (TPSA) is 115 Å². The molecule has 0 unspecified atom stereocenters. The lowest BCUT2D eigenvalue weighted by atomic mass is 9.98. The van der Waals surface area contributed by atoms with Crippen LogP contribution in [0, 0.1) is 0 Å². The smallest absolute Gasteiger partial charge is 0.202 e. The molecule has 0 bridgehead atoms. The zero-order valence-electron chi connectivity index (χ0n) is 18.9. The van der Waals surface area contributed by atoms with E-state index in [0.29, 0.717) is 24.0 Å². The van der Waals surface area contributed by atoms with Gasteiger partial charge in [0.2, 0.25) is 5.13 Å². The molecule has 0 aliphatic heterocycles. The van der Waals surface area contributed by atoms with Crippen LogP contribution in [0.4, 0.5) is 5.13 Å². The summed E-state index contributed by atoms with van der Waals surface area (Å²) in [5.74, 6) is 7.81. The quantitative estimate of drug-likeness (QED) is 0.374. The lowest BCUT2D eigenvalue weighted by molar-refractivity contribution is 0.153. The van der Waals surface area contributed by atoms with Crippen molar-refractivity contribution in [2.45, 2.75) is 71.3 Å². The van der Waals surface area contributed by atoms with Crippen molar-refractivity contribution in [2.24, 2.45) is 11.6 Å². The average molecular weight is 446 g/mol. The molecule has 1 aliphatic carbocycles. The second-order valence-corrected chi connectivity index (χ2v) is 8.72. The number of nitrogens with zero attached hydrogens (tertiary/aromatic N) is 4. The molecule has 31 heavy (non-hydrogen) atoms. The van der Waals surface area contributed by atoms with Crippen LogP contribution in [-0.2, 0) is 12.8 Å². The Balaban J connectivity index is 1.76. The Morgan fingerprint density at radius 3 is 2.68 bits per heavy atom. The van der Waals surface area contributed by atoms with Gasteiger partial charge in [-0.2, -0.15) is 4.37 Å². The van der Waals surface area contributed by atoms with Crippen LogP contribution in [-0.4, -0.2) is 39.0 Å². The first-order valence-corrected chi connectivity index (χ1v) is 12.0. The van der Waals surface area contributed by atoms with E-state index in [0.717, 1.165) is 60.2 Å². The van der Waals surface area contributed by atoms with E-state index in [4.69, 9.17) is 21.3 Å². The summed E-state index contributed by atoms with van der Waals surface area (Å²) in [4.78, 5) is 9.30. The van der Waals surface area contributed by atoms with Crippen LogP contribution in [0.25, 0.3) is 5.70 Å². The lowest BCUT2D eigenvalue weighted by Gasteiger charge is -2.24. The summed E-state index contributed by atoms with van der Waals surface area (Å²) in [6.07, 6.45) is 8.98. The van der Waals surface area contributed by atoms with Gasteiger partial charge in [-0.15, -0.1) is 0 Å². The van der Waals surface area contributed by atoms with Crippen LogP contribution in [0.3, 0.4) is 0 Å². The second-order valence-electron chi connectivity index (χ2n) is 7.96. The number of ether oxygens (including phenoxy) is 1. The third-order valence-electron chi connectivity index (χ3n) is 5.47. The number of aryl methyl sites for hydroxylation is 2. The highest BCUT2D eigenvalue weighted by Gasteiger charge is 2.18. The van der Waals surface area contributed by atoms with E-state index in [-0.39, 0.29) is 0 Å². The van der Waals surface area contributed by atoms with Crippen LogP contribution in [0.1, 0.15) is 69.6 Å². The van der Waals surface area contributed by atoms with Gasteiger partial charge in [-0.05, 0) is 50.7 Å². The van der Waals surface area contributed by atoms with Gasteiger partial charge in [-0.3, -0.25) is 0 Å². The fourth-order valence-electron chi connectivity index (χ4n) is 3.73. The molecule has 8 nitrogen and oxygen atoms in total. The number of pyridine rings is 1. The molecule has 1 fully saturated rings. The van der Waals surface area contributed by atoms with Crippen molar-refractivity contribution in [3.05, 3.63) is 35.0 Å². The van der Waals surface area contributed by atoms with Crippen LogP contribution in [0.15, 0.2) is 17.8 Å². The molecular weight excluding hydrogens is 410 g/mol. The minimum absolute atomic E-state index is 0.291. The molecule has 5 N–H and O–H groups in total. The zero-order valence-corrected chi connectivity index (χ0v) is 19.7. The summed E-state index contributed by atoms with van der Waals surface area (Å²) in [5.41, 5.74) is 9.40. The number of likely N-dealkylation sites (N-methyl/N-ethyl adjacent to an activating group) is 1. The van der Waals surface area contributed by atoms with Gasteiger partial charge in [0.25, 0.3) is 0 Å². The molecule has 170 valence electrons. The fourth-order valence-corrected chi connectivity index (χ4v) is 4.34. The molecule has 9 heteroatoms. The van der Waals surface area contributed by atoms with Crippen molar-refractivity contribution in [3.63, 3.8) is 0 Å². The van der Waals surface area contributed by atoms with Gasteiger partial charge in [-0.1, -0.05) is 20.3 Å². The lowest BCUT2D eigenvalue weighted by Crippen LogP contribution is -2.32. The standard InChI is InChI=1S/C22H35N7OS/c1-4-9-20-27-22(31-28-20)25-14-18(29(3)24)21(23)17-12-13-19(16(5-2)26-17)30-15-10-7-6-8-11-15/h12-13,15H,4-11,14,23-24H2,1-3H3,(H,25,27,28)/b21-18-. The van der Waals surface area contributed by atoms with Crippen molar-refractivity contribution in [1.29, 1.82) is 0 Å². The molecule has 0 aromatic carbocycles. The van der Waals surface area contributed by atoms with Gasteiger partial charge in [0.1, 0.15) is 11.6 Å². The first kappa shape index (κ1) is 23.3. The molecule has 0 amide bonds. The van der Waals surface area contributed by atoms with Crippen molar-refractivity contribution >= 4 is 22.4 Å².